The zero-order chi connectivity index (χ0) is 30.2. The lowest BCUT2D eigenvalue weighted by Crippen LogP contribution is -2.63. The number of hydrogen-bond acceptors (Lipinski definition) is 7. The molecule has 2 aromatic carbocycles. The average molecular weight is 634 g/mol. The lowest BCUT2D eigenvalue weighted by atomic mass is 9.95. The Labute approximate surface area is 264 Å². The Morgan fingerprint density at radius 3 is 2.70 bits per heavy atom. The molecule has 11 heteroatoms. The van der Waals surface area contributed by atoms with Gasteiger partial charge in [-0.2, -0.15) is 9.97 Å². The van der Waals surface area contributed by atoms with E-state index < -0.39 is 5.82 Å². The lowest BCUT2D eigenvalue weighted by molar-refractivity contribution is -0.127. The van der Waals surface area contributed by atoms with E-state index in [2.05, 4.69) is 16.4 Å². The molecule has 1 amide bonds. The van der Waals surface area contributed by atoms with E-state index in [1.165, 1.54) is 25.0 Å². The SMILES string of the molecule is C=CC(=O)N1CC[C@@H]2[C@H]1CN2c1nc(OCC23CCCN2CCC3)nc2nc(-c3cccc4ccc(F)c(Cl)c34)c(Cl)cc12. The number of benzene rings is 2. The van der Waals surface area contributed by atoms with Crippen molar-refractivity contribution >= 4 is 56.7 Å². The Bertz CT molecular complexity index is 1840. The summed E-state index contributed by atoms with van der Waals surface area (Å²) in [5.74, 6) is 0.128. The third kappa shape index (κ3) is 4.27. The van der Waals surface area contributed by atoms with Gasteiger partial charge in [0, 0.05) is 24.0 Å². The summed E-state index contributed by atoms with van der Waals surface area (Å²) in [6, 6.07) is 10.9. The number of halogens is 3. The molecule has 226 valence electrons. The van der Waals surface area contributed by atoms with Crippen LogP contribution in [0.1, 0.15) is 32.1 Å². The van der Waals surface area contributed by atoms with Crippen LogP contribution in [0.2, 0.25) is 10.0 Å². The van der Waals surface area contributed by atoms with E-state index in [0.717, 1.165) is 37.7 Å². The van der Waals surface area contributed by atoms with E-state index in [1.807, 2.05) is 29.2 Å². The van der Waals surface area contributed by atoms with E-state index >= 15 is 0 Å². The highest BCUT2D eigenvalue weighted by atomic mass is 35.5. The Morgan fingerprint density at radius 2 is 1.91 bits per heavy atom. The van der Waals surface area contributed by atoms with Crippen molar-refractivity contribution in [3.05, 3.63) is 64.9 Å². The summed E-state index contributed by atoms with van der Waals surface area (Å²) in [5.41, 5.74) is 1.53. The molecule has 44 heavy (non-hydrogen) atoms. The summed E-state index contributed by atoms with van der Waals surface area (Å²) in [6.45, 7) is 7.68. The van der Waals surface area contributed by atoms with E-state index in [-0.39, 0.29) is 34.6 Å². The van der Waals surface area contributed by atoms with Gasteiger partial charge in [0.1, 0.15) is 18.2 Å². The maximum absolute atomic E-state index is 14.6. The van der Waals surface area contributed by atoms with Gasteiger partial charge in [0.2, 0.25) is 5.91 Å². The fraction of sp³-hybridized carbons (Fsp3) is 0.394. The van der Waals surface area contributed by atoms with Gasteiger partial charge in [-0.25, -0.2) is 9.37 Å². The first-order valence-electron chi connectivity index (χ1n) is 15.2. The van der Waals surface area contributed by atoms with E-state index in [1.54, 1.807) is 6.07 Å². The second kappa shape index (κ2) is 10.5. The summed E-state index contributed by atoms with van der Waals surface area (Å²) < 4.78 is 21.0. The number of hydrogen-bond donors (Lipinski definition) is 0. The Kier molecular flexibility index (Phi) is 6.70. The molecular formula is C33H31Cl2FN6O2. The van der Waals surface area contributed by atoms with Gasteiger partial charge >= 0.3 is 6.01 Å². The monoisotopic (exact) mass is 632 g/mol. The van der Waals surface area contributed by atoms with Crippen LogP contribution in [-0.4, -0.2) is 81.1 Å². The highest BCUT2D eigenvalue weighted by molar-refractivity contribution is 6.38. The number of aromatic nitrogens is 3. The highest BCUT2D eigenvalue weighted by Gasteiger charge is 2.49. The third-order valence-corrected chi connectivity index (χ3v) is 10.8. The van der Waals surface area contributed by atoms with Crippen LogP contribution < -0.4 is 9.64 Å². The van der Waals surface area contributed by atoms with Gasteiger partial charge in [0.25, 0.3) is 0 Å². The minimum Gasteiger partial charge on any atom is -0.461 e. The van der Waals surface area contributed by atoms with Crippen LogP contribution in [0.5, 0.6) is 6.01 Å². The van der Waals surface area contributed by atoms with Crippen molar-refractivity contribution in [3.8, 4) is 17.3 Å². The maximum atomic E-state index is 14.6. The van der Waals surface area contributed by atoms with Gasteiger partial charge in [0.15, 0.2) is 5.65 Å². The van der Waals surface area contributed by atoms with Crippen LogP contribution in [0, 0.1) is 5.82 Å². The normalized spacial score (nSPS) is 22.3. The zero-order valence-electron chi connectivity index (χ0n) is 24.1. The molecule has 0 saturated carbocycles. The number of carbonyl (C=O) groups excluding carboxylic acids is 1. The molecule has 4 aliphatic heterocycles. The zero-order valence-corrected chi connectivity index (χ0v) is 25.6. The van der Waals surface area contributed by atoms with Gasteiger partial charge in [-0.1, -0.05) is 54.0 Å². The maximum Gasteiger partial charge on any atom is 0.320 e. The molecule has 4 fully saturated rings. The number of rotatable bonds is 6. The number of ether oxygens (including phenoxy) is 1. The van der Waals surface area contributed by atoms with E-state index in [9.17, 15) is 9.18 Å². The molecule has 0 spiro atoms. The fourth-order valence-electron chi connectivity index (χ4n) is 7.89. The van der Waals surface area contributed by atoms with Gasteiger partial charge in [-0.05, 0) is 68.8 Å². The van der Waals surface area contributed by atoms with Gasteiger partial charge in [-0.3, -0.25) is 9.69 Å². The first-order chi connectivity index (χ1) is 21.4. The predicted octanol–water partition coefficient (Wildman–Crippen LogP) is 6.27. The van der Waals surface area contributed by atoms with Crippen molar-refractivity contribution in [2.24, 2.45) is 0 Å². The van der Waals surface area contributed by atoms with E-state index in [4.69, 9.17) is 42.9 Å². The molecule has 4 saturated heterocycles. The molecule has 8 nitrogen and oxygen atoms in total. The van der Waals surface area contributed by atoms with E-state index in [0.29, 0.717) is 58.2 Å². The predicted molar refractivity (Wildman–Crippen MR) is 170 cm³/mol. The smallest absolute Gasteiger partial charge is 0.320 e. The molecule has 0 N–H and O–H groups in total. The Hall–Kier alpha value is -3.53. The first kappa shape index (κ1) is 28.0. The number of fused-ring (bicyclic) bond motifs is 4. The number of anilines is 1. The summed E-state index contributed by atoms with van der Waals surface area (Å²) >= 11 is 13.4. The number of carbonyl (C=O) groups is 1. The molecule has 4 aromatic rings. The minimum absolute atomic E-state index is 0.0203. The number of pyridine rings is 1. The third-order valence-electron chi connectivity index (χ3n) is 10.1. The van der Waals surface area contributed by atoms with Crippen molar-refractivity contribution in [2.75, 3.05) is 37.7 Å². The number of likely N-dealkylation sites (tertiary alicyclic amines) is 1. The molecule has 6 heterocycles. The second-order valence-electron chi connectivity index (χ2n) is 12.3. The van der Waals surface area contributed by atoms with Crippen molar-refractivity contribution in [1.29, 1.82) is 0 Å². The average Bonchev–Trinajstić information content (AvgIpc) is 3.70. The van der Waals surface area contributed by atoms with Crippen LogP contribution in [0.25, 0.3) is 33.1 Å². The number of amides is 1. The Morgan fingerprint density at radius 1 is 1.09 bits per heavy atom. The molecule has 0 bridgehead atoms. The molecular weight excluding hydrogens is 602 g/mol. The summed E-state index contributed by atoms with van der Waals surface area (Å²) in [4.78, 5) is 33.8. The molecule has 0 unspecified atom stereocenters. The van der Waals surface area contributed by atoms with Crippen molar-refractivity contribution in [2.45, 2.75) is 49.7 Å². The molecule has 2 atom stereocenters. The standard InChI is InChI=1S/C33H31Cl2FN6O2/c1-2-26(43)41-15-10-24-25(41)17-42(24)31-21-16-22(34)29(20-7-3-6-19-8-9-23(36)28(35)27(19)20)37-30(21)38-32(39-31)44-18-33-11-4-13-40(33)14-5-12-33/h2-3,6-9,16,24-25H,1,4-5,10-15,17-18H2/t24-,25-/m1/s1. The molecule has 0 aliphatic carbocycles. The van der Waals surface area contributed by atoms with Crippen LogP contribution in [-0.2, 0) is 4.79 Å². The highest BCUT2D eigenvalue weighted by Crippen LogP contribution is 2.43. The topological polar surface area (TPSA) is 74.7 Å². The van der Waals surface area contributed by atoms with Crippen molar-refractivity contribution in [3.63, 3.8) is 0 Å². The van der Waals surface area contributed by atoms with Crippen molar-refractivity contribution < 1.29 is 13.9 Å². The largest absolute Gasteiger partial charge is 0.461 e. The van der Waals surface area contributed by atoms with Gasteiger partial charge in [-0.15, -0.1) is 0 Å². The van der Waals surface area contributed by atoms with Crippen LogP contribution in [0.4, 0.5) is 10.2 Å². The summed E-state index contributed by atoms with van der Waals surface area (Å²) in [5, 5.41) is 2.41. The lowest BCUT2D eigenvalue weighted by Gasteiger charge is -2.47. The molecule has 0 radical (unpaired) electrons. The minimum atomic E-state index is -0.510. The quantitative estimate of drug-likeness (QED) is 0.232. The van der Waals surface area contributed by atoms with Crippen LogP contribution in [0.3, 0.4) is 0 Å². The molecule has 2 aromatic heterocycles. The van der Waals surface area contributed by atoms with Gasteiger partial charge in [0.05, 0.1) is 38.7 Å². The summed E-state index contributed by atoms with van der Waals surface area (Å²) in [7, 11) is 0. The summed E-state index contributed by atoms with van der Waals surface area (Å²) in [6.07, 6.45) is 6.74. The fourth-order valence-corrected chi connectivity index (χ4v) is 8.42. The van der Waals surface area contributed by atoms with Crippen molar-refractivity contribution in [1.82, 2.24) is 24.8 Å². The van der Waals surface area contributed by atoms with Crippen LogP contribution in [0.15, 0.2) is 49.1 Å². The van der Waals surface area contributed by atoms with Gasteiger partial charge < -0.3 is 14.5 Å². The second-order valence-corrected chi connectivity index (χ2v) is 13.1. The first-order valence-corrected chi connectivity index (χ1v) is 16.0. The Balaban J connectivity index is 1.23. The molecule has 8 rings (SSSR count). The van der Waals surface area contributed by atoms with Crippen LogP contribution >= 0.6 is 23.2 Å². The molecule has 4 aliphatic rings. The number of nitrogens with zero attached hydrogens (tertiary/aromatic N) is 6.